The highest BCUT2D eigenvalue weighted by Crippen LogP contribution is 2.10. The van der Waals surface area contributed by atoms with Crippen LogP contribution in [-0.2, 0) is 14.3 Å². The number of ether oxygens (including phenoxy) is 2. The van der Waals surface area contributed by atoms with E-state index in [2.05, 4.69) is 0 Å². The molecule has 5 nitrogen and oxygen atoms in total. The van der Waals surface area contributed by atoms with E-state index in [1.807, 2.05) is 18.7 Å². The van der Waals surface area contributed by atoms with Gasteiger partial charge in [-0.05, 0) is 20.3 Å². The van der Waals surface area contributed by atoms with Gasteiger partial charge in [0, 0.05) is 19.0 Å². The molecular formula is C11H22N2O3. The van der Waals surface area contributed by atoms with Gasteiger partial charge in [-0.25, -0.2) is 0 Å². The summed E-state index contributed by atoms with van der Waals surface area (Å²) in [5, 5.41) is 0. The van der Waals surface area contributed by atoms with Gasteiger partial charge in [0.1, 0.15) is 0 Å². The number of hydrogen-bond acceptors (Lipinski definition) is 4. The van der Waals surface area contributed by atoms with Crippen molar-refractivity contribution in [1.29, 1.82) is 0 Å². The van der Waals surface area contributed by atoms with Crippen LogP contribution in [0.3, 0.4) is 0 Å². The molecule has 2 N–H and O–H groups in total. The maximum atomic E-state index is 10.9. The Kier molecular flexibility index (Phi) is 5.73. The van der Waals surface area contributed by atoms with E-state index in [0.29, 0.717) is 12.6 Å². The van der Waals surface area contributed by atoms with E-state index < -0.39 is 0 Å². The number of hydrogen-bond donors (Lipinski definition) is 1. The zero-order valence-corrected chi connectivity index (χ0v) is 10.1. The minimum absolute atomic E-state index is 0.122. The predicted molar refractivity (Wildman–Crippen MR) is 60.8 cm³/mol. The fourth-order valence-electron chi connectivity index (χ4n) is 1.69. The summed E-state index contributed by atoms with van der Waals surface area (Å²) < 4.78 is 10.9. The lowest BCUT2D eigenvalue weighted by Gasteiger charge is -2.28. The number of carbonyl (C=O) groups excluding carboxylic acids is 1. The van der Waals surface area contributed by atoms with Crippen LogP contribution in [0.5, 0.6) is 0 Å². The molecule has 0 spiro atoms. The van der Waals surface area contributed by atoms with Crippen molar-refractivity contribution in [3.05, 3.63) is 0 Å². The maximum absolute atomic E-state index is 10.9. The molecular weight excluding hydrogens is 208 g/mol. The summed E-state index contributed by atoms with van der Waals surface area (Å²) in [5.41, 5.74) is 5.20. The van der Waals surface area contributed by atoms with Crippen molar-refractivity contribution in [1.82, 2.24) is 4.90 Å². The first-order valence-corrected chi connectivity index (χ1v) is 5.85. The lowest BCUT2D eigenvalue weighted by Crippen LogP contribution is -2.41. The van der Waals surface area contributed by atoms with Gasteiger partial charge in [0.2, 0.25) is 5.91 Å². The van der Waals surface area contributed by atoms with Gasteiger partial charge < -0.3 is 15.2 Å². The minimum atomic E-state index is -0.292. The normalized spacial score (nSPS) is 18.2. The summed E-state index contributed by atoms with van der Waals surface area (Å²) in [6.45, 7) is 6.69. The van der Waals surface area contributed by atoms with Crippen molar-refractivity contribution < 1.29 is 14.3 Å². The average Bonchev–Trinajstić information content (AvgIpc) is 2.25. The Labute approximate surface area is 96.9 Å². The molecule has 0 aromatic rings. The number of rotatable bonds is 6. The van der Waals surface area contributed by atoms with Crippen molar-refractivity contribution in [2.75, 3.05) is 26.3 Å². The summed E-state index contributed by atoms with van der Waals surface area (Å²) >= 11 is 0. The number of primary amides is 1. The Morgan fingerprint density at radius 2 is 2.06 bits per heavy atom. The van der Waals surface area contributed by atoms with Gasteiger partial charge in [-0.1, -0.05) is 0 Å². The molecule has 0 aromatic heterocycles. The molecule has 1 rings (SSSR count). The lowest BCUT2D eigenvalue weighted by molar-refractivity contribution is -0.183. The standard InChI is InChI=1S/C11H22N2O3/c1-9(2)13(8-10(12)14)5-4-11-15-6-3-7-16-11/h9,11H,3-8H2,1-2H3,(H2,12,14). The summed E-state index contributed by atoms with van der Waals surface area (Å²) in [7, 11) is 0. The van der Waals surface area contributed by atoms with E-state index in [9.17, 15) is 4.79 Å². The van der Waals surface area contributed by atoms with Crippen LogP contribution in [0, 0.1) is 0 Å². The summed E-state index contributed by atoms with van der Waals surface area (Å²) in [6.07, 6.45) is 1.62. The summed E-state index contributed by atoms with van der Waals surface area (Å²) in [5.74, 6) is -0.292. The van der Waals surface area contributed by atoms with Gasteiger partial charge in [-0.3, -0.25) is 9.69 Å². The van der Waals surface area contributed by atoms with E-state index in [0.717, 1.165) is 32.6 Å². The molecule has 0 aliphatic carbocycles. The van der Waals surface area contributed by atoms with Crippen LogP contribution in [0.15, 0.2) is 0 Å². The van der Waals surface area contributed by atoms with Gasteiger partial charge >= 0.3 is 0 Å². The molecule has 0 atom stereocenters. The second-order valence-electron chi connectivity index (χ2n) is 4.34. The zero-order valence-electron chi connectivity index (χ0n) is 10.1. The molecule has 0 bridgehead atoms. The molecule has 0 radical (unpaired) electrons. The Morgan fingerprint density at radius 3 is 2.56 bits per heavy atom. The van der Waals surface area contributed by atoms with Crippen LogP contribution in [0.2, 0.25) is 0 Å². The number of amides is 1. The molecule has 0 saturated carbocycles. The van der Waals surface area contributed by atoms with E-state index in [1.165, 1.54) is 0 Å². The summed E-state index contributed by atoms with van der Waals surface area (Å²) in [4.78, 5) is 12.9. The first kappa shape index (κ1) is 13.4. The second kappa shape index (κ2) is 6.83. The summed E-state index contributed by atoms with van der Waals surface area (Å²) in [6, 6.07) is 0.302. The maximum Gasteiger partial charge on any atom is 0.231 e. The molecule has 1 heterocycles. The van der Waals surface area contributed by atoms with Crippen molar-refractivity contribution in [2.24, 2.45) is 5.73 Å². The Hall–Kier alpha value is -0.650. The third-order valence-corrected chi connectivity index (χ3v) is 2.64. The van der Waals surface area contributed by atoms with E-state index >= 15 is 0 Å². The highest BCUT2D eigenvalue weighted by molar-refractivity contribution is 5.75. The lowest BCUT2D eigenvalue weighted by atomic mass is 10.2. The fourth-order valence-corrected chi connectivity index (χ4v) is 1.69. The number of carbonyl (C=O) groups is 1. The third kappa shape index (κ3) is 4.92. The highest BCUT2D eigenvalue weighted by atomic mass is 16.7. The monoisotopic (exact) mass is 230 g/mol. The molecule has 1 aliphatic heterocycles. The van der Waals surface area contributed by atoms with Gasteiger partial charge in [0.25, 0.3) is 0 Å². The molecule has 0 unspecified atom stereocenters. The molecule has 1 saturated heterocycles. The highest BCUT2D eigenvalue weighted by Gasteiger charge is 2.18. The van der Waals surface area contributed by atoms with Crippen molar-refractivity contribution >= 4 is 5.91 Å². The van der Waals surface area contributed by atoms with Crippen LogP contribution in [-0.4, -0.2) is 49.4 Å². The van der Waals surface area contributed by atoms with Crippen LogP contribution in [0.1, 0.15) is 26.7 Å². The Balaban J connectivity index is 2.28. The largest absolute Gasteiger partial charge is 0.369 e. The quantitative estimate of drug-likeness (QED) is 0.714. The number of nitrogens with two attached hydrogens (primary N) is 1. The molecule has 1 amide bonds. The van der Waals surface area contributed by atoms with E-state index in [-0.39, 0.29) is 12.2 Å². The van der Waals surface area contributed by atoms with E-state index in [4.69, 9.17) is 15.2 Å². The Bertz CT molecular complexity index is 215. The molecule has 1 aliphatic rings. The van der Waals surface area contributed by atoms with Crippen LogP contribution in [0.4, 0.5) is 0 Å². The van der Waals surface area contributed by atoms with Gasteiger partial charge in [0.05, 0.1) is 19.8 Å². The number of nitrogens with zero attached hydrogens (tertiary/aromatic N) is 1. The Morgan fingerprint density at radius 1 is 1.44 bits per heavy atom. The van der Waals surface area contributed by atoms with Gasteiger partial charge in [-0.2, -0.15) is 0 Å². The molecule has 94 valence electrons. The molecule has 1 fully saturated rings. The first-order chi connectivity index (χ1) is 7.59. The predicted octanol–water partition coefficient (Wildman–Crippen LogP) is 0.335. The first-order valence-electron chi connectivity index (χ1n) is 5.85. The zero-order chi connectivity index (χ0) is 12.0. The van der Waals surface area contributed by atoms with Gasteiger partial charge in [0.15, 0.2) is 6.29 Å². The third-order valence-electron chi connectivity index (χ3n) is 2.64. The SMILES string of the molecule is CC(C)N(CCC1OCCCO1)CC(N)=O. The molecule has 0 aromatic carbocycles. The van der Waals surface area contributed by atoms with Crippen LogP contribution >= 0.6 is 0 Å². The molecule has 5 heteroatoms. The minimum Gasteiger partial charge on any atom is -0.369 e. The van der Waals surface area contributed by atoms with Gasteiger partial charge in [-0.15, -0.1) is 0 Å². The van der Waals surface area contributed by atoms with Crippen molar-refractivity contribution in [3.8, 4) is 0 Å². The van der Waals surface area contributed by atoms with E-state index in [1.54, 1.807) is 0 Å². The topological polar surface area (TPSA) is 64.8 Å². The average molecular weight is 230 g/mol. The van der Waals surface area contributed by atoms with Crippen molar-refractivity contribution in [2.45, 2.75) is 39.0 Å². The molecule has 16 heavy (non-hydrogen) atoms. The fraction of sp³-hybridized carbons (Fsp3) is 0.909. The van der Waals surface area contributed by atoms with Crippen LogP contribution < -0.4 is 5.73 Å². The second-order valence-corrected chi connectivity index (χ2v) is 4.34. The van der Waals surface area contributed by atoms with Crippen molar-refractivity contribution in [3.63, 3.8) is 0 Å². The van der Waals surface area contributed by atoms with Crippen LogP contribution in [0.25, 0.3) is 0 Å². The smallest absolute Gasteiger partial charge is 0.231 e.